The van der Waals surface area contributed by atoms with Gasteiger partial charge in [-0.25, -0.2) is 5.10 Å². The van der Waals surface area contributed by atoms with E-state index >= 15 is 0 Å². The summed E-state index contributed by atoms with van der Waals surface area (Å²) in [6.07, 6.45) is 3.09. The van der Waals surface area contributed by atoms with Crippen LogP contribution in [0.4, 0.5) is 5.95 Å². The Labute approximate surface area is 86.4 Å². The molecule has 0 aliphatic carbocycles. The van der Waals surface area contributed by atoms with Crippen molar-refractivity contribution < 1.29 is 4.79 Å². The number of H-pyrrole nitrogens is 1. The van der Waals surface area contributed by atoms with Crippen LogP contribution in [0.2, 0.25) is 0 Å². The summed E-state index contributed by atoms with van der Waals surface area (Å²) in [5, 5.41) is 9.73. The molecule has 0 unspecified atom stereocenters. The van der Waals surface area contributed by atoms with Gasteiger partial charge in [-0.2, -0.15) is 4.98 Å². The fourth-order valence-corrected chi connectivity index (χ4v) is 1.33. The van der Waals surface area contributed by atoms with Gasteiger partial charge in [0.2, 0.25) is 17.0 Å². The van der Waals surface area contributed by atoms with E-state index in [-0.39, 0.29) is 5.91 Å². The van der Waals surface area contributed by atoms with Gasteiger partial charge in [0.25, 0.3) is 0 Å². The number of allylic oxidation sites excluding steroid dienone is 1. The molecule has 76 valence electrons. The number of nitrogens with one attached hydrogen (secondary N) is 2. The third-order valence-electron chi connectivity index (χ3n) is 1.30. The Hall–Kier alpha value is -1.30. The molecule has 1 aromatic rings. The van der Waals surface area contributed by atoms with Crippen LogP contribution < -0.4 is 5.32 Å². The summed E-state index contributed by atoms with van der Waals surface area (Å²) in [5.41, 5.74) is 0. The van der Waals surface area contributed by atoms with Crippen LogP contribution in [0.3, 0.4) is 0 Å². The highest BCUT2D eigenvalue weighted by Crippen LogP contribution is 2.12. The molecule has 0 saturated carbocycles. The number of carbonyl (C=O) groups excluding carboxylic acids is 1. The molecule has 0 spiro atoms. The molecule has 0 radical (unpaired) electrons. The lowest BCUT2D eigenvalue weighted by molar-refractivity contribution is -0.111. The van der Waals surface area contributed by atoms with E-state index in [9.17, 15) is 4.79 Å². The highest BCUT2D eigenvalue weighted by atomic mass is 32.2. The van der Waals surface area contributed by atoms with E-state index in [2.05, 4.69) is 20.5 Å². The van der Waals surface area contributed by atoms with Crippen molar-refractivity contribution in [3.05, 3.63) is 12.2 Å². The summed E-state index contributed by atoms with van der Waals surface area (Å²) < 4.78 is 0. The maximum Gasteiger partial charge on any atom is 0.250 e. The highest BCUT2D eigenvalue weighted by molar-refractivity contribution is 7.99. The van der Waals surface area contributed by atoms with Crippen molar-refractivity contribution in [2.24, 2.45) is 0 Å². The van der Waals surface area contributed by atoms with Crippen LogP contribution in [-0.2, 0) is 4.79 Å². The molecule has 14 heavy (non-hydrogen) atoms. The molecule has 6 heteroatoms. The van der Waals surface area contributed by atoms with E-state index in [4.69, 9.17) is 0 Å². The molecule has 0 aromatic carbocycles. The second-order valence-electron chi connectivity index (χ2n) is 2.39. The van der Waals surface area contributed by atoms with Gasteiger partial charge >= 0.3 is 0 Å². The van der Waals surface area contributed by atoms with Gasteiger partial charge in [0.05, 0.1) is 0 Å². The number of carbonyl (C=O) groups is 1. The number of hydrogen-bond acceptors (Lipinski definition) is 4. The van der Waals surface area contributed by atoms with Crippen LogP contribution in [-0.4, -0.2) is 26.8 Å². The fourth-order valence-electron chi connectivity index (χ4n) is 0.806. The second kappa shape index (κ2) is 5.43. The van der Waals surface area contributed by atoms with E-state index in [0.717, 1.165) is 5.75 Å². The minimum Gasteiger partial charge on any atom is -0.291 e. The van der Waals surface area contributed by atoms with Crippen molar-refractivity contribution in [3.8, 4) is 0 Å². The average Bonchev–Trinajstić information content (AvgIpc) is 2.53. The molecule has 0 aliphatic heterocycles. The minimum absolute atomic E-state index is 0.211. The van der Waals surface area contributed by atoms with Crippen LogP contribution in [0.1, 0.15) is 13.8 Å². The standard InChI is InChI=1S/C8H12N4OS/c1-3-5-6(13)9-7-10-8(12-11-7)14-4-2/h3,5H,4H2,1-2H3,(H2,9,10,11,12,13)/b5-3+. The molecule has 0 bridgehead atoms. The number of hydrogen-bond donors (Lipinski definition) is 2. The van der Waals surface area contributed by atoms with Crippen molar-refractivity contribution in [2.75, 3.05) is 11.1 Å². The zero-order chi connectivity index (χ0) is 10.4. The molecule has 0 fully saturated rings. The minimum atomic E-state index is -0.211. The van der Waals surface area contributed by atoms with Gasteiger partial charge < -0.3 is 0 Å². The predicted molar refractivity (Wildman–Crippen MR) is 56.2 cm³/mol. The Bertz CT molecular complexity index is 334. The smallest absolute Gasteiger partial charge is 0.250 e. The first-order valence-corrected chi connectivity index (χ1v) is 5.23. The van der Waals surface area contributed by atoms with Gasteiger partial charge in [-0.3, -0.25) is 10.1 Å². The molecule has 1 rings (SSSR count). The molecule has 2 N–H and O–H groups in total. The summed E-state index contributed by atoms with van der Waals surface area (Å²) >= 11 is 1.51. The summed E-state index contributed by atoms with van der Waals surface area (Å²) in [6, 6.07) is 0. The summed E-state index contributed by atoms with van der Waals surface area (Å²) in [6.45, 7) is 3.79. The van der Waals surface area contributed by atoms with Crippen LogP contribution in [0.25, 0.3) is 0 Å². The van der Waals surface area contributed by atoms with E-state index in [1.807, 2.05) is 6.92 Å². The molecule has 1 heterocycles. The fraction of sp³-hybridized carbons (Fsp3) is 0.375. The summed E-state index contributed by atoms with van der Waals surface area (Å²) in [4.78, 5) is 15.1. The number of aromatic nitrogens is 3. The first-order chi connectivity index (χ1) is 6.76. The molecule has 0 atom stereocenters. The maximum absolute atomic E-state index is 11.1. The predicted octanol–water partition coefficient (Wildman–Crippen LogP) is 1.43. The maximum atomic E-state index is 11.1. The number of amides is 1. The number of anilines is 1. The Morgan fingerprint density at radius 2 is 2.50 bits per heavy atom. The van der Waals surface area contributed by atoms with E-state index in [0.29, 0.717) is 11.1 Å². The number of nitrogens with zero attached hydrogens (tertiary/aromatic N) is 2. The second-order valence-corrected chi connectivity index (χ2v) is 3.62. The lowest BCUT2D eigenvalue weighted by atomic mass is 10.5. The molecule has 0 saturated heterocycles. The Morgan fingerprint density at radius 1 is 1.71 bits per heavy atom. The first kappa shape index (κ1) is 10.8. The molecule has 1 aromatic heterocycles. The normalized spacial score (nSPS) is 10.7. The molecular formula is C8H12N4OS. The van der Waals surface area contributed by atoms with Crippen molar-refractivity contribution in [2.45, 2.75) is 19.0 Å². The largest absolute Gasteiger partial charge is 0.291 e. The van der Waals surface area contributed by atoms with Crippen molar-refractivity contribution in [1.82, 2.24) is 15.2 Å². The average molecular weight is 212 g/mol. The number of rotatable bonds is 4. The van der Waals surface area contributed by atoms with Gasteiger partial charge in [-0.05, 0) is 18.8 Å². The molecule has 1 amide bonds. The SMILES string of the molecule is C/C=C/C(=O)Nc1nc(SCC)n[nH]1. The van der Waals surface area contributed by atoms with Crippen molar-refractivity contribution in [3.63, 3.8) is 0 Å². The van der Waals surface area contributed by atoms with Crippen LogP contribution in [0.5, 0.6) is 0 Å². The van der Waals surface area contributed by atoms with Crippen molar-refractivity contribution in [1.29, 1.82) is 0 Å². The monoisotopic (exact) mass is 212 g/mol. The zero-order valence-corrected chi connectivity index (χ0v) is 8.89. The lowest BCUT2D eigenvalue weighted by Gasteiger charge is -1.93. The third-order valence-corrected chi connectivity index (χ3v) is 2.03. The van der Waals surface area contributed by atoms with Crippen LogP contribution in [0.15, 0.2) is 17.3 Å². The summed E-state index contributed by atoms with van der Waals surface area (Å²) in [7, 11) is 0. The van der Waals surface area contributed by atoms with Crippen LogP contribution in [0, 0.1) is 0 Å². The summed E-state index contributed by atoms with van der Waals surface area (Å²) in [5.74, 6) is 1.07. The van der Waals surface area contributed by atoms with E-state index in [1.165, 1.54) is 17.8 Å². The van der Waals surface area contributed by atoms with E-state index < -0.39 is 0 Å². The lowest BCUT2D eigenvalue weighted by Crippen LogP contribution is -2.08. The third kappa shape index (κ3) is 3.21. The van der Waals surface area contributed by atoms with Crippen molar-refractivity contribution >= 4 is 23.6 Å². The first-order valence-electron chi connectivity index (χ1n) is 4.25. The Kier molecular flexibility index (Phi) is 4.18. The van der Waals surface area contributed by atoms with Gasteiger partial charge in [0.15, 0.2) is 0 Å². The highest BCUT2D eigenvalue weighted by Gasteiger charge is 2.03. The van der Waals surface area contributed by atoms with Gasteiger partial charge in [-0.1, -0.05) is 24.8 Å². The van der Waals surface area contributed by atoms with Gasteiger partial charge in [-0.15, -0.1) is 5.10 Å². The Balaban J connectivity index is 2.55. The Morgan fingerprint density at radius 3 is 3.14 bits per heavy atom. The topological polar surface area (TPSA) is 70.7 Å². The number of aromatic amines is 1. The molecule has 0 aliphatic rings. The number of thioether (sulfide) groups is 1. The molecule has 5 nitrogen and oxygen atoms in total. The van der Waals surface area contributed by atoms with Gasteiger partial charge in [0.1, 0.15) is 0 Å². The molecular weight excluding hydrogens is 200 g/mol. The van der Waals surface area contributed by atoms with Gasteiger partial charge in [0, 0.05) is 0 Å². The zero-order valence-electron chi connectivity index (χ0n) is 8.07. The quantitative estimate of drug-likeness (QED) is 0.585. The van der Waals surface area contributed by atoms with E-state index in [1.54, 1.807) is 13.0 Å². The van der Waals surface area contributed by atoms with Crippen LogP contribution >= 0.6 is 11.8 Å².